The maximum atomic E-state index is 8.54. The maximum absolute atomic E-state index is 8.54. The first-order chi connectivity index (χ1) is 9.38. The lowest BCUT2D eigenvalue weighted by atomic mass is 10.2. The van der Waals surface area contributed by atoms with Gasteiger partial charge in [0.1, 0.15) is 10.8 Å². The van der Waals surface area contributed by atoms with E-state index in [-0.39, 0.29) is 0 Å². The fraction of sp³-hybridized carbons (Fsp3) is 0.846. The number of thioether (sulfide) groups is 4. The molecule has 0 radical (unpaired) electrons. The van der Waals surface area contributed by atoms with Crippen molar-refractivity contribution in [1.29, 1.82) is 10.5 Å². The number of hydrogen-bond donors (Lipinski definition) is 0. The molecule has 106 valence electrons. The van der Waals surface area contributed by atoms with Gasteiger partial charge in [-0.15, -0.1) is 0 Å². The molecule has 0 spiro atoms. The smallest absolute Gasteiger partial charge is 0.133 e. The summed E-state index contributed by atoms with van der Waals surface area (Å²) in [4.78, 5) is 0. The van der Waals surface area contributed by atoms with Crippen LogP contribution in [0.15, 0.2) is 0 Å². The molecule has 0 aromatic rings. The fourth-order valence-electron chi connectivity index (χ4n) is 2.19. The topological polar surface area (TPSA) is 47.6 Å². The van der Waals surface area contributed by atoms with Crippen molar-refractivity contribution in [2.45, 2.75) is 42.6 Å². The molecule has 0 aliphatic heterocycles. The van der Waals surface area contributed by atoms with Crippen LogP contribution in [-0.4, -0.2) is 33.5 Å². The van der Waals surface area contributed by atoms with Gasteiger partial charge >= 0.3 is 0 Å². The van der Waals surface area contributed by atoms with Crippen LogP contribution in [0.5, 0.6) is 0 Å². The van der Waals surface area contributed by atoms with Gasteiger partial charge < -0.3 is 0 Å². The first-order valence-electron chi connectivity index (χ1n) is 6.63. The molecule has 0 bridgehead atoms. The summed E-state index contributed by atoms with van der Waals surface area (Å²) in [5.41, 5.74) is 0. The van der Waals surface area contributed by atoms with Crippen LogP contribution in [0.1, 0.15) is 32.1 Å². The molecule has 0 heterocycles. The summed E-state index contributed by atoms with van der Waals surface area (Å²) in [6, 6.07) is 0. The van der Waals surface area contributed by atoms with Crippen LogP contribution in [0.25, 0.3) is 0 Å². The van der Waals surface area contributed by atoms with Gasteiger partial charge in [0.15, 0.2) is 0 Å². The van der Waals surface area contributed by atoms with Gasteiger partial charge in [0.2, 0.25) is 0 Å². The largest absolute Gasteiger partial charge is 0.185 e. The van der Waals surface area contributed by atoms with Gasteiger partial charge in [0, 0.05) is 33.5 Å². The van der Waals surface area contributed by atoms with Crippen LogP contribution in [0.3, 0.4) is 0 Å². The van der Waals surface area contributed by atoms with E-state index in [9.17, 15) is 0 Å². The third-order valence-corrected chi connectivity index (χ3v) is 7.68. The third-order valence-electron chi connectivity index (χ3n) is 3.06. The van der Waals surface area contributed by atoms with Crippen molar-refractivity contribution in [3.63, 3.8) is 0 Å². The van der Waals surface area contributed by atoms with Crippen LogP contribution in [-0.2, 0) is 0 Å². The molecule has 0 saturated heterocycles. The number of rotatable bonds is 8. The van der Waals surface area contributed by atoms with Crippen LogP contribution < -0.4 is 0 Å². The fourth-order valence-corrected chi connectivity index (χ4v) is 6.26. The predicted octanol–water partition coefficient (Wildman–Crippen LogP) is 4.58. The molecule has 0 amide bonds. The minimum Gasteiger partial charge on any atom is -0.185 e. The maximum Gasteiger partial charge on any atom is 0.133 e. The Bertz CT molecular complexity index is 281. The Labute approximate surface area is 133 Å². The summed E-state index contributed by atoms with van der Waals surface area (Å²) in [7, 11) is 0. The van der Waals surface area contributed by atoms with Crippen molar-refractivity contribution in [3.8, 4) is 10.8 Å². The first-order valence-corrected chi connectivity index (χ1v) is 10.7. The monoisotopic (exact) mass is 332 g/mol. The predicted molar refractivity (Wildman–Crippen MR) is 91.7 cm³/mol. The van der Waals surface area contributed by atoms with Gasteiger partial charge in [-0.2, -0.15) is 34.0 Å². The van der Waals surface area contributed by atoms with Crippen molar-refractivity contribution in [2.24, 2.45) is 0 Å². The standard InChI is InChI=1S/C13H20N2S4/c14-10-16-6-8-18-12-4-2-1-3-5-13(12)19-9-7-17-11-15/h12-13H,1-9H2/t12-,13+. The molecule has 0 aromatic carbocycles. The molecule has 2 atom stereocenters. The molecule has 1 aliphatic carbocycles. The molecule has 19 heavy (non-hydrogen) atoms. The van der Waals surface area contributed by atoms with Gasteiger partial charge in [-0.05, 0) is 36.4 Å². The zero-order valence-corrected chi connectivity index (χ0v) is 14.3. The van der Waals surface area contributed by atoms with E-state index in [1.165, 1.54) is 55.6 Å². The summed E-state index contributed by atoms with van der Waals surface area (Å²) in [6.07, 6.45) is 6.73. The van der Waals surface area contributed by atoms with E-state index < -0.39 is 0 Å². The lowest BCUT2D eigenvalue weighted by Crippen LogP contribution is -2.20. The quantitative estimate of drug-likeness (QED) is 0.368. The average Bonchev–Trinajstić information content (AvgIpc) is 2.65. The van der Waals surface area contributed by atoms with Crippen LogP contribution >= 0.6 is 47.0 Å². The van der Waals surface area contributed by atoms with Crippen molar-refractivity contribution in [3.05, 3.63) is 0 Å². The first kappa shape index (κ1) is 17.4. The Morgan fingerprint density at radius 2 is 1.21 bits per heavy atom. The van der Waals surface area contributed by atoms with Gasteiger partial charge in [-0.1, -0.05) is 19.3 Å². The molecule has 2 nitrogen and oxygen atoms in total. The summed E-state index contributed by atoms with van der Waals surface area (Å²) < 4.78 is 0. The highest BCUT2D eigenvalue weighted by Crippen LogP contribution is 2.35. The van der Waals surface area contributed by atoms with E-state index in [0.29, 0.717) is 0 Å². The average molecular weight is 333 g/mol. The molecule has 1 saturated carbocycles. The van der Waals surface area contributed by atoms with Gasteiger partial charge in [-0.25, -0.2) is 0 Å². The van der Waals surface area contributed by atoms with E-state index in [1.54, 1.807) is 0 Å². The van der Waals surface area contributed by atoms with E-state index in [1.807, 2.05) is 0 Å². The Balaban J connectivity index is 2.29. The van der Waals surface area contributed by atoms with Gasteiger partial charge in [-0.3, -0.25) is 0 Å². The Hall–Kier alpha value is 0.380. The zero-order valence-electron chi connectivity index (χ0n) is 11.0. The molecular weight excluding hydrogens is 312 g/mol. The number of hydrogen-bond acceptors (Lipinski definition) is 6. The molecule has 1 rings (SSSR count). The molecule has 0 N–H and O–H groups in total. The van der Waals surface area contributed by atoms with Gasteiger partial charge in [0.25, 0.3) is 0 Å². The van der Waals surface area contributed by atoms with Crippen molar-refractivity contribution < 1.29 is 0 Å². The molecule has 0 unspecified atom stereocenters. The van der Waals surface area contributed by atoms with E-state index >= 15 is 0 Å². The lowest BCUT2D eigenvalue weighted by molar-refractivity contribution is 0.704. The minimum atomic E-state index is 0.749. The second kappa shape index (κ2) is 12.1. The lowest BCUT2D eigenvalue weighted by Gasteiger charge is -2.24. The van der Waals surface area contributed by atoms with E-state index in [4.69, 9.17) is 10.5 Å². The Morgan fingerprint density at radius 3 is 1.63 bits per heavy atom. The van der Waals surface area contributed by atoms with E-state index in [0.717, 1.165) is 33.5 Å². The SMILES string of the molecule is N#CSCCS[C@H]1CCCCC[C@H]1SCCSC#N. The highest BCUT2D eigenvalue weighted by molar-refractivity contribution is 8.07. The summed E-state index contributed by atoms with van der Waals surface area (Å²) in [5, 5.41) is 22.9. The second-order valence-electron chi connectivity index (χ2n) is 4.34. The van der Waals surface area contributed by atoms with Crippen LogP contribution in [0, 0.1) is 21.3 Å². The summed E-state index contributed by atoms with van der Waals surface area (Å²) in [6.45, 7) is 0. The highest BCUT2D eigenvalue weighted by Gasteiger charge is 2.24. The van der Waals surface area contributed by atoms with Gasteiger partial charge in [0.05, 0.1) is 0 Å². The van der Waals surface area contributed by atoms with E-state index in [2.05, 4.69) is 34.3 Å². The molecule has 6 heteroatoms. The molecule has 0 aromatic heterocycles. The Morgan fingerprint density at radius 1 is 0.737 bits per heavy atom. The van der Waals surface area contributed by atoms with Crippen molar-refractivity contribution in [1.82, 2.24) is 0 Å². The third kappa shape index (κ3) is 8.30. The summed E-state index contributed by atoms with van der Waals surface area (Å²) in [5.74, 6) is 4.07. The Kier molecular flexibility index (Phi) is 11.1. The molecule has 1 aliphatic rings. The van der Waals surface area contributed by atoms with Crippen LogP contribution in [0.2, 0.25) is 0 Å². The number of thiocyanates is 2. The normalized spacial score (nSPS) is 23.3. The molecule has 1 fully saturated rings. The highest BCUT2D eigenvalue weighted by atomic mass is 32.2. The second-order valence-corrected chi connectivity index (χ2v) is 8.79. The summed E-state index contributed by atoms with van der Waals surface area (Å²) >= 11 is 6.85. The molecular formula is C13H20N2S4. The number of nitrogens with zero attached hydrogens (tertiary/aromatic N) is 2. The minimum absolute atomic E-state index is 0.749. The zero-order chi connectivity index (χ0) is 13.8. The van der Waals surface area contributed by atoms with Crippen molar-refractivity contribution in [2.75, 3.05) is 23.0 Å². The van der Waals surface area contributed by atoms with Crippen LogP contribution in [0.4, 0.5) is 0 Å². The number of nitriles is 2. The van der Waals surface area contributed by atoms with Crippen molar-refractivity contribution >= 4 is 47.0 Å².